The highest BCUT2D eigenvalue weighted by molar-refractivity contribution is 6.30. The number of halogens is 1. The van der Waals surface area contributed by atoms with Gasteiger partial charge in [-0.15, -0.1) is 0 Å². The van der Waals surface area contributed by atoms with E-state index in [4.69, 9.17) is 20.8 Å². The molecule has 0 fully saturated rings. The first-order valence-electron chi connectivity index (χ1n) is 6.31. The maximum Gasteiger partial charge on any atom is 0.135 e. The van der Waals surface area contributed by atoms with Gasteiger partial charge in [0.25, 0.3) is 0 Å². The molecule has 0 saturated heterocycles. The second kappa shape index (κ2) is 4.91. The number of ether oxygens (including phenoxy) is 1. The van der Waals surface area contributed by atoms with Gasteiger partial charge in [-0.3, -0.25) is 0 Å². The fourth-order valence-corrected chi connectivity index (χ4v) is 2.79. The number of benzene rings is 1. The fourth-order valence-electron chi connectivity index (χ4n) is 2.52. The SMILES string of the molecule is Cc1ccoc1C(O)Cc1cc(Cl)cc2c1OCC2. The summed E-state index contributed by atoms with van der Waals surface area (Å²) < 4.78 is 11.0. The van der Waals surface area contributed by atoms with Crippen molar-refractivity contribution >= 4 is 11.6 Å². The number of furan rings is 1. The van der Waals surface area contributed by atoms with Crippen LogP contribution in [-0.4, -0.2) is 11.7 Å². The zero-order chi connectivity index (χ0) is 13.4. The van der Waals surface area contributed by atoms with E-state index in [1.54, 1.807) is 6.26 Å². The monoisotopic (exact) mass is 278 g/mol. The highest BCUT2D eigenvalue weighted by Crippen LogP contribution is 2.35. The van der Waals surface area contributed by atoms with E-state index >= 15 is 0 Å². The molecule has 1 unspecified atom stereocenters. The smallest absolute Gasteiger partial charge is 0.135 e. The third-order valence-electron chi connectivity index (χ3n) is 3.44. The van der Waals surface area contributed by atoms with Crippen LogP contribution in [0.3, 0.4) is 0 Å². The maximum absolute atomic E-state index is 10.3. The van der Waals surface area contributed by atoms with E-state index in [-0.39, 0.29) is 0 Å². The zero-order valence-electron chi connectivity index (χ0n) is 10.6. The maximum atomic E-state index is 10.3. The van der Waals surface area contributed by atoms with Crippen LogP contribution in [0.5, 0.6) is 5.75 Å². The third-order valence-corrected chi connectivity index (χ3v) is 3.66. The Morgan fingerprint density at radius 3 is 3.00 bits per heavy atom. The van der Waals surface area contributed by atoms with Crippen molar-refractivity contribution in [2.24, 2.45) is 0 Å². The predicted molar refractivity (Wildman–Crippen MR) is 72.8 cm³/mol. The number of aryl methyl sites for hydroxylation is 1. The molecule has 100 valence electrons. The van der Waals surface area contributed by atoms with Crippen LogP contribution in [-0.2, 0) is 12.8 Å². The quantitative estimate of drug-likeness (QED) is 0.935. The van der Waals surface area contributed by atoms with Crippen molar-refractivity contribution in [3.63, 3.8) is 0 Å². The lowest BCUT2D eigenvalue weighted by molar-refractivity contribution is 0.148. The van der Waals surface area contributed by atoms with Gasteiger partial charge >= 0.3 is 0 Å². The molecule has 0 amide bonds. The molecule has 3 rings (SSSR count). The number of fused-ring (bicyclic) bond motifs is 1. The van der Waals surface area contributed by atoms with Crippen molar-refractivity contribution in [1.29, 1.82) is 0 Å². The van der Waals surface area contributed by atoms with E-state index < -0.39 is 6.10 Å². The molecule has 1 atom stereocenters. The topological polar surface area (TPSA) is 42.6 Å². The van der Waals surface area contributed by atoms with Crippen LogP contribution in [0.1, 0.15) is 28.6 Å². The molecular weight excluding hydrogens is 264 g/mol. The van der Waals surface area contributed by atoms with Crippen LogP contribution in [0.25, 0.3) is 0 Å². The Bertz CT molecular complexity index is 603. The average Bonchev–Trinajstić information content (AvgIpc) is 2.97. The number of aliphatic hydroxyl groups is 1. The summed E-state index contributed by atoms with van der Waals surface area (Å²) in [5, 5.41) is 11.0. The summed E-state index contributed by atoms with van der Waals surface area (Å²) in [4.78, 5) is 0. The minimum atomic E-state index is -0.679. The lowest BCUT2D eigenvalue weighted by Crippen LogP contribution is -2.03. The van der Waals surface area contributed by atoms with Gasteiger partial charge in [0.2, 0.25) is 0 Å². The fraction of sp³-hybridized carbons (Fsp3) is 0.333. The van der Waals surface area contributed by atoms with Gasteiger partial charge in [-0.2, -0.15) is 0 Å². The van der Waals surface area contributed by atoms with Gasteiger partial charge < -0.3 is 14.3 Å². The van der Waals surface area contributed by atoms with E-state index in [0.29, 0.717) is 23.8 Å². The van der Waals surface area contributed by atoms with Crippen LogP contribution in [0.4, 0.5) is 0 Å². The first kappa shape index (κ1) is 12.6. The Kier molecular flexibility index (Phi) is 3.25. The van der Waals surface area contributed by atoms with E-state index in [9.17, 15) is 5.11 Å². The van der Waals surface area contributed by atoms with Gasteiger partial charge in [0, 0.05) is 17.9 Å². The van der Waals surface area contributed by atoms with Crippen molar-refractivity contribution in [3.05, 3.63) is 51.9 Å². The number of hydrogen-bond acceptors (Lipinski definition) is 3. The van der Waals surface area contributed by atoms with Gasteiger partial charge in [0.15, 0.2) is 0 Å². The van der Waals surface area contributed by atoms with Crippen LogP contribution < -0.4 is 4.74 Å². The molecular formula is C15H15ClO3. The minimum absolute atomic E-state index is 0.442. The van der Waals surface area contributed by atoms with Gasteiger partial charge in [-0.05, 0) is 41.8 Å². The lowest BCUT2D eigenvalue weighted by Gasteiger charge is -2.13. The summed E-state index contributed by atoms with van der Waals surface area (Å²) in [6.45, 7) is 2.60. The number of aliphatic hydroxyl groups excluding tert-OH is 1. The Balaban J connectivity index is 1.90. The molecule has 1 N–H and O–H groups in total. The molecule has 0 spiro atoms. The van der Waals surface area contributed by atoms with E-state index in [0.717, 1.165) is 28.9 Å². The molecule has 1 aromatic heterocycles. The predicted octanol–water partition coefficient (Wildman–Crippen LogP) is 3.45. The Morgan fingerprint density at radius 2 is 2.26 bits per heavy atom. The van der Waals surface area contributed by atoms with Crippen LogP contribution in [0, 0.1) is 6.92 Å². The van der Waals surface area contributed by atoms with Crippen molar-refractivity contribution in [1.82, 2.24) is 0 Å². The second-order valence-corrected chi connectivity index (χ2v) is 5.28. The molecule has 4 heteroatoms. The average molecular weight is 279 g/mol. The molecule has 2 heterocycles. The Hall–Kier alpha value is -1.45. The van der Waals surface area contributed by atoms with Gasteiger partial charge in [-0.1, -0.05) is 11.6 Å². The van der Waals surface area contributed by atoms with Crippen LogP contribution >= 0.6 is 11.6 Å². The van der Waals surface area contributed by atoms with Crippen molar-refractivity contribution in [2.45, 2.75) is 25.9 Å². The Labute approximate surface area is 116 Å². The largest absolute Gasteiger partial charge is 0.493 e. The van der Waals surface area contributed by atoms with Crippen molar-refractivity contribution in [3.8, 4) is 5.75 Å². The minimum Gasteiger partial charge on any atom is -0.493 e. The molecule has 19 heavy (non-hydrogen) atoms. The third kappa shape index (κ3) is 2.36. The van der Waals surface area contributed by atoms with Crippen LogP contribution in [0.15, 0.2) is 28.9 Å². The number of rotatable bonds is 3. The van der Waals surface area contributed by atoms with E-state index in [1.807, 2.05) is 25.1 Å². The Morgan fingerprint density at radius 1 is 1.42 bits per heavy atom. The first-order valence-corrected chi connectivity index (χ1v) is 6.69. The van der Waals surface area contributed by atoms with Gasteiger partial charge in [-0.25, -0.2) is 0 Å². The summed E-state index contributed by atoms with van der Waals surface area (Å²) in [6, 6.07) is 5.63. The summed E-state index contributed by atoms with van der Waals surface area (Å²) in [7, 11) is 0. The van der Waals surface area contributed by atoms with E-state index in [1.165, 1.54) is 0 Å². The number of hydrogen-bond donors (Lipinski definition) is 1. The first-order chi connectivity index (χ1) is 9.15. The summed E-state index contributed by atoms with van der Waals surface area (Å²) >= 11 is 6.11. The molecule has 0 aliphatic carbocycles. The van der Waals surface area contributed by atoms with Crippen molar-refractivity contribution < 1.29 is 14.3 Å². The highest BCUT2D eigenvalue weighted by atomic mass is 35.5. The summed E-state index contributed by atoms with van der Waals surface area (Å²) in [5.41, 5.74) is 3.00. The molecule has 2 aromatic rings. The standard InChI is InChI=1S/C15H15ClO3/c1-9-2-4-18-14(9)13(17)8-11-7-12(16)6-10-3-5-19-15(10)11/h2,4,6-7,13,17H,3,5,8H2,1H3. The molecule has 0 radical (unpaired) electrons. The molecule has 1 aliphatic heterocycles. The van der Waals surface area contributed by atoms with Gasteiger partial charge in [0.05, 0.1) is 12.9 Å². The summed E-state index contributed by atoms with van der Waals surface area (Å²) in [6.07, 6.45) is 2.23. The molecule has 0 saturated carbocycles. The van der Waals surface area contributed by atoms with E-state index in [2.05, 4.69) is 0 Å². The molecule has 1 aliphatic rings. The van der Waals surface area contributed by atoms with Gasteiger partial charge in [0.1, 0.15) is 17.6 Å². The highest BCUT2D eigenvalue weighted by Gasteiger charge is 2.22. The van der Waals surface area contributed by atoms with Crippen molar-refractivity contribution in [2.75, 3.05) is 6.61 Å². The zero-order valence-corrected chi connectivity index (χ0v) is 11.4. The normalized spacial score (nSPS) is 15.1. The molecule has 3 nitrogen and oxygen atoms in total. The summed E-state index contributed by atoms with van der Waals surface area (Å²) in [5.74, 6) is 1.47. The van der Waals surface area contributed by atoms with Crippen LogP contribution in [0.2, 0.25) is 5.02 Å². The lowest BCUT2D eigenvalue weighted by atomic mass is 10.0. The molecule has 0 bridgehead atoms. The second-order valence-electron chi connectivity index (χ2n) is 4.84. The molecule has 1 aromatic carbocycles.